The Morgan fingerprint density at radius 2 is 2.06 bits per heavy atom. The number of nitrogens with zero attached hydrogens (tertiary/aromatic N) is 2. The number of amidine groups is 1. The molecule has 1 aliphatic heterocycles. The number of hydrogen-bond donors (Lipinski definition) is 4. The third-order valence-electron chi connectivity index (χ3n) is 5.33. The third kappa shape index (κ3) is 5.22. The molecule has 2 heterocycles. The maximum Gasteiger partial charge on any atom is 0.312 e. The number of unbranched alkanes of at least 4 members (excludes halogenated alkanes) is 1. The molecule has 11 heteroatoms. The van der Waals surface area contributed by atoms with E-state index >= 15 is 0 Å². The number of carbonyl (C=O) groups is 3. The standard InChI is InChI=1S/C21H25N5O5S/c22-18(23)14-3-5-15(6-4-14)31-10-2-1-7-21(11-17(27)28,16-12-24-13-32-16)26-9-8-25-19(29)20(26)30/h3-6,12-13H,1-2,7-11H2,(H3,22,23)(H,25,29)(H,27,28). The molecule has 1 saturated heterocycles. The summed E-state index contributed by atoms with van der Waals surface area (Å²) in [7, 11) is 0. The number of nitrogens with two attached hydrogens (primary N) is 1. The van der Waals surface area contributed by atoms with Crippen molar-refractivity contribution in [2.75, 3.05) is 19.7 Å². The molecule has 32 heavy (non-hydrogen) atoms. The Bertz CT molecular complexity index is 979. The van der Waals surface area contributed by atoms with Crippen molar-refractivity contribution in [2.24, 2.45) is 5.73 Å². The molecule has 10 nitrogen and oxygen atoms in total. The van der Waals surface area contributed by atoms with Crippen LogP contribution >= 0.6 is 11.3 Å². The topological polar surface area (TPSA) is 159 Å². The van der Waals surface area contributed by atoms with E-state index in [0.29, 0.717) is 42.1 Å². The van der Waals surface area contributed by atoms with E-state index in [0.717, 1.165) is 0 Å². The van der Waals surface area contributed by atoms with Crippen molar-refractivity contribution in [1.82, 2.24) is 15.2 Å². The first-order chi connectivity index (χ1) is 15.3. The lowest BCUT2D eigenvalue weighted by Gasteiger charge is -2.44. The molecule has 5 N–H and O–H groups in total. The second-order valence-corrected chi connectivity index (χ2v) is 8.31. The first-order valence-corrected chi connectivity index (χ1v) is 11.0. The van der Waals surface area contributed by atoms with Crippen LogP contribution in [-0.4, -0.2) is 58.3 Å². The van der Waals surface area contributed by atoms with E-state index in [4.69, 9.17) is 15.9 Å². The molecule has 2 aromatic rings. The lowest BCUT2D eigenvalue weighted by molar-refractivity contribution is -0.156. The summed E-state index contributed by atoms with van der Waals surface area (Å²) in [5, 5.41) is 19.6. The van der Waals surface area contributed by atoms with Gasteiger partial charge in [-0.1, -0.05) is 0 Å². The normalized spacial score (nSPS) is 15.7. The van der Waals surface area contributed by atoms with Crippen LogP contribution in [-0.2, 0) is 19.9 Å². The van der Waals surface area contributed by atoms with Crippen molar-refractivity contribution in [3.05, 3.63) is 46.4 Å². The summed E-state index contributed by atoms with van der Waals surface area (Å²) in [5.74, 6) is -1.90. The molecule has 1 atom stereocenters. The van der Waals surface area contributed by atoms with Gasteiger partial charge in [0.05, 0.1) is 29.0 Å². The number of benzene rings is 1. The van der Waals surface area contributed by atoms with Crippen LogP contribution in [0.1, 0.15) is 36.1 Å². The molecule has 170 valence electrons. The lowest BCUT2D eigenvalue weighted by Crippen LogP contribution is -2.60. The van der Waals surface area contributed by atoms with Gasteiger partial charge in [0.2, 0.25) is 0 Å². The first-order valence-electron chi connectivity index (χ1n) is 10.1. The zero-order valence-corrected chi connectivity index (χ0v) is 18.2. The van der Waals surface area contributed by atoms with Gasteiger partial charge < -0.3 is 25.8 Å². The van der Waals surface area contributed by atoms with Gasteiger partial charge in [0.15, 0.2) is 0 Å². The van der Waals surface area contributed by atoms with E-state index in [9.17, 15) is 19.5 Å². The molecule has 1 aliphatic rings. The van der Waals surface area contributed by atoms with Crippen LogP contribution in [0.25, 0.3) is 0 Å². The van der Waals surface area contributed by atoms with Gasteiger partial charge in [-0.25, -0.2) is 0 Å². The van der Waals surface area contributed by atoms with Crippen molar-refractivity contribution in [1.29, 1.82) is 5.41 Å². The van der Waals surface area contributed by atoms with Crippen molar-refractivity contribution >= 4 is 35.0 Å². The van der Waals surface area contributed by atoms with Gasteiger partial charge in [0.1, 0.15) is 11.6 Å². The Labute approximate surface area is 188 Å². The van der Waals surface area contributed by atoms with Crippen LogP contribution in [0.3, 0.4) is 0 Å². The number of carbonyl (C=O) groups excluding carboxylic acids is 2. The Balaban J connectivity index is 1.70. The van der Waals surface area contributed by atoms with E-state index in [1.807, 2.05) is 0 Å². The second-order valence-electron chi connectivity index (χ2n) is 7.42. The fourth-order valence-electron chi connectivity index (χ4n) is 3.79. The number of aliphatic carboxylic acids is 1. The molecule has 1 aromatic heterocycles. The summed E-state index contributed by atoms with van der Waals surface area (Å²) in [6.45, 7) is 0.887. The fourth-order valence-corrected chi connectivity index (χ4v) is 4.65. The lowest BCUT2D eigenvalue weighted by atomic mass is 9.85. The number of ether oxygens (including phenoxy) is 1. The van der Waals surface area contributed by atoms with Gasteiger partial charge in [-0.05, 0) is 43.5 Å². The van der Waals surface area contributed by atoms with Gasteiger partial charge in [-0.15, -0.1) is 11.3 Å². The van der Waals surface area contributed by atoms with Gasteiger partial charge in [-0.3, -0.25) is 24.8 Å². The number of carboxylic acids is 1. The highest BCUT2D eigenvalue weighted by molar-refractivity contribution is 7.09. The zero-order chi connectivity index (χ0) is 23.1. The van der Waals surface area contributed by atoms with Gasteiger partial charge in [-0.2, -0.15) is 0 Å². The third-order valence-corrected chi connectivity index (χ3v) is 6.30. The summed E-state index contributed by atoms with van der Waals surface area (Å²) in [6, 6.07) is 6.86. The minimum atomic E-state index is -1.15. The number of piperazine rings is 1. The van der Waals surface area contributed by atoms with Crippen molar-refractivity contribution in [3.63, 3.8) is 0 Å². The van der Waals surface area contributed by atoms with Crippen LogP contribution in [0, 0.1) is 5.41 Å². The molecule has 1 aromatic carbocycles. The maximum atomic E-state index is 12.7. The van der Waals surface area contributed by atoms with Crippen LogP contribution in [0.2, 0.25) is 0 Å². The highest BCUT2D eigenvalue weighted by Gasteiger charge is 2.46. The second kappa shape index (κ2) is 10.2. The number of amides is 2. The predicted octanol–water partition coefficient (Wildman–Crippen LogP) is 1.30. The number of nitrogen functional groups attached to an aromatic ring is 1. The smallest absolute Gasteiger partial charge is 0.312 e. The molecule has 1 unspecified atom stereocenters. The van der Waals surface area contributed by atoms with E-state index in [1.54, 1.807) is 36.0 Å². The monoisotopic (exact) mass is 459 g/mol. The Morgan fingerprint density at radius 3 is 2.69 bits per heavy atom. The quantitative estimate of drug-likeness (QED) is 0.171. The number of aromatic nitrogens is 1. The zero-order valence-electron chi connectivity index (χ0n) is 17.4. The van der Waals surface area contributed by atoms with Crippen molar-refractivity contribution < 1.29 is 24.2 Å². The Hall–Kier alpha value is -3.47. The SMILES string of the molecule is N=C(N)c1ccc(OCCCCC(CC(=O)O)(c2cncs2)N2CCNC(=O)C2=O)cc1. The summed E-state index contributed by atoms with van der Waals surface area (Å²) >= 11 is 1.27. The minimum absolute atomic E-state index is 0.0182. The summed E-state index contributed by atoms with van der Waals surface area (Å²) < 4.78 is 5.73. The molecule has 2 amide bonds. The van der Waals surface area contributed by atoms with Gasteiger partial charge in [0.25, 0.3) is 0 Å². The number of rotatable bonds is 11. The Kier molecular flexibility index (Phi) is 7.41. The first kappa shape index (κ1) is 23.2. The molecule has 3 rings (SSSR count). The molecule has 0 bridgehead atoms. The van der Waals surface area contributed by atoms with Crippen LogP contribution < -0.4 is 15.8 Å². The van der Waals surface area contributed by atoms with Crippen molar-refractivity contribution in [3.8, 4) is 5.75 Å². The molecular weight excluding hydrogens is 434 g/mol. The van der Waals surface area contributed by atoms with Crippen LogP contribution in [0.15, 0.2) is 36.0 Å². The van der Waals surface area contributed by atoms with Crippen molar-refractivity contribution in [2.45, 2.75) is 31.2 Å². The Morgan fingerprint density at radius 1 is 1.31 bits per heavy atom. The highest BCUT2D eigenvalue weighted by Crippen LogP contribution is 2.40. The van der Waals surface area contributed by atoms with E-state index in [-0.39, 0.29) is 25.3 Å². The van der Waals surface area contributed by atoms with E-state index in [1.165, 1.54) is 16.2 Å². The van der Waals surface area contributed by atoms with Gasteiger partial charge in [0, 0.05) is 24.8 Å². The number of nitrogens with one attached hydrogen (secondary N) is 2. The summed E-state index contributed by atoms with van der Waals surface area (Å²) in [6.07, 6.45) is 2.79. The van der Waals surface area contributed by atoms with E-state index < -0.39 is 23.3 Å². The number of carboxylic acid groups (broad SMARTS) is 1. The molecule has 0 radical (unpaired) electrons. The van der Waals surface area contributed by atoms with Gasteiger partial charge >= 0.3 is 17.8 Å². The summed E-state index contributed by atoms with van der Waals surface area (Å²) in [5.41, 5.74) is 6.49. The predicted molar refractivity (Wildman–Crippen MR) is 118 cm³/mol. The molecule has 1 fully saturated rings. The number of hydrogen-bond acceptors (Lipinski definition) is 7. The minimum Gasteiger partial charge on any atom is -0.494 e. The molecular formula is C21H25N5O5S. The highest BCUT2D eigenvalue weighted by atomic mass is 32.1. The average Bonchev–Trinajstić information content (AvgIpc) is 3.30. The number of thiazole rings is 1. The van der Waals surface area contributed by atoms with Crippen LogP contribution in [0.4, 0.5) is 0 Å². The van der Waals surface area contributed by atoms with E-state index in [2.05, 4.69) is 10.3 Å². The molecule has 0 aliphatic carbocycles. The van der Waals surface area contributed by atoms with Crippen LogP contribution in [0.5, 0.6) is 5.75 Å². The maximum absolute atomic E-state index is 12.7. The molecule has 0 saturated carbocycles. The fraction of sp³-hybridized carbons (Fsp3) is 0.381. The largest absolute Gasteiger partial charge is 0.494 e. The summed E-state index contributed by atoms with van der Waals surface area (Å²) in [4.78, 5) is 42.5. The molecule has 0 spiro atoms. The average molecular weight is 460 g/mol.